The van der Waals surface area contributed by atoms with Crippen LogP contribution in [0.15, 0.2) is 24.3 Å². The van der Waals surface area contributed by atoms with Crippen LogP contribution in [0.3, 0.4) is 0 Å². The van der Waals surface area contributed by atoms with E-state index in [1.165, 1.54) is 30.4 Å². The van der Waals surface area contributed by atoms with Gasteiger partial charge in [-0.1, -0.05) is 37.6 Å². The molecule has 2 unspecified atom stereocenters. The highest BCUT2D eigenvalue weighted by atomic mass is 16.1. The lowest BCUT2D eigenvalue weighted by Gasteiger charge is -2.31. The van der Waals surface area contributed by atoms with Crippen molar-refractivity contribution in [3.05, 3.63) is 35.4 Å². The number of carbonyl (C=O) groups excluding carboxylic acids is 1. The number of fused-ring (bicyclic) bond motifs is 1. The van der Waals surface area contributed by atoms with Crippen LogP contribution in [0.1, 0.15) is 62.5 Å². The number of nitrogens with one attached hydrogen (secondary N) is 1. The van der Waals surface area contributed by atoms with Crippen molar-refractivity contribution in [3.63, 3.8) is 0 Å². The maximum Gasteiger partial charge on any atom is 0.140 e. The predicted molar refractivity (Wildman–Crippen MR) is 86.6 cm³/mol. The van der Waals surface area contributed by atoms with Gasteiger partial charge in [-0.05, 0) is 55.7 Å². The number of Topliss-reactive ketones (excluding diaryl/α,β-unsaturated/α-hetero) is 1. The lowest BCUT2D eigenvalue weighted by Crippen LogP contribution is -2.34. The number of rotatable bonds is 5. The van der Waals surface area contributed by atoms with Crippen LogP contribution >= 0.6 is 0 Å². The van der Waals surface area contributed by atoms with Gasteiger partial charge >= 0.3 is 0 Å². The zero-order valence-electron chi connectivity index (χ0n) is 13.2. The molecule has 0 radical (unpaired) electrons. The molecule has 2 heteroatoms. The Morgan fingerprint density at radius 1 is 1.38 bits per heavy atom. The number of carbonyl (C=O) groups is 1. The SMILES string of the molecule is CCCC1(C(=O)CC2CCCc3ccccc32)CCNC1. The minimum atomic E-state index is -0.0683. The van der Waals surface area contributed by atoms with Crippen LogP contribution in [0.25, 0.3) is 0 Å². The lowest BCUT2D eigenvalue weighted by atomic mass is 9.72. The van der Waals surface area contributed by atoms with E-state index in [2.05, 4.69) is 36.5 Å². The molecule has 1 heterocycles. The van der Waals surface area contributed by atoms with Gasteiger partial charge in [-0.2, -0.15) is 0 Å². The van der Waals surface area contributed by atoms with Gasteiger partial charge in [0.2, 0.25) is 0 Å². The molecular weight excluding hydrogens is 258 g/mol. The summed E-state index contributed by atoms with van der Waals surface area (Å²) in [6, 6.07) is 8.74. The average Bonchev–Trinajstić information content (AvgIpc) is 2.98. The molecule has 0 spiro atoms. The summed E-state index contributed by atoms with van der Waals surface area (Å²) in [4.78, 5) is 13.0. The summed E-state index contributed by atoms with van der Waals surface area (Å²) in [5.74, 6) is 0.966. The van der Waals surface area contributed by atoms with Crippen molar-refractivity contribution < 1.29 is 4.79 Å². The zero-order chi connectivity index (χ0) is 14.7. The van der Waals surface area contributed by atoms with E-state index in [1.807, 2.05) is 0 Å². The molecule has 1 N–H and O–H groups in total. The van der Waals surface area contributed by atoms with Crippen molar-refractivity contribution in [3.8, 4) is 0 Å². The number of hydrogen-bond donors (Lipinski definition) is 1. The van der Waals surface area contributed by atoms with Crippen LogP contribution in [-0.2, 0) is 11.2 Å². The van der Waals surface area contributed by atoms with Gasteiger partial charge in [-0.25, -0.2) is 0 Å². The second-order valence-corrected chi connectivity index (χ2v) is 6.87. The number of hydrogen-bond acceptors (Lipinski definition) is 2. The molecule has 1 saturated heterocycles. The van der Waals surface area contributed by atoms with Gasteiger partial charge in [0, 0.05) is 18.4 Å². The van der Waals surface area contributed by atoms with Crippen molar-refractivity contribution in [1.82, 2.24) is 5.32 Å². The van der Waals surface area contributed by atoms with E-state index in [1.54, 1.807) is 0 Å². The van der Waals surface area contributed by atoms with Crippen LogP contribution in [0, 0.1) is 5.41 Å². The number of aryl methyl sites for hydroxylation is 1. The van der Waals surface area contributed by atoms with Gasteiger partial charge in [0.25, 0.3) is 0 Å². The zero-order valence-corrected chi connectivity index (χ0v) is 13.2. The molecule has 21 heavy (non-hydrogen) atoms. The minimum absolute atomic E-state index is 0.0683. The highest BCUT2D eigenvalue weighted by Crippen LogP contribution is 2.39. The van der Waals surface area contributed by atoms with Crippen molar-refractivity contribution in [2.75, 3.05) is 13.1 Å². The Bertz CT molecular complexity index is 502. The Labute approximate surface area is 128 Å². The van der Waals surface area contributed by atoms with Gasteiger partial charge in [0.05, 0.1) is 0 Å². The molecule has 0 bridgehead atoms. The third kappa shape index (κ3) is 2.91. The maximum absolute atomic E-state index is 13.0. The molecule has 1 aliphatic heterocycles. The number of ketones is 1. The topological polar surface area (TPSA) is 29.1 Å². The molecule has 2 aliphatic rings. The fourth-order valence-corrected chi connectivity index (χ4v) is 4.32. The Kier molecular flexibility index (Phi) is 4.44. The normalized spacial score (nSPS) is 28.3. The van der Waals surface area contributed by atoms with E-state index < -0.39 is 0 Å². The summed E-state index contributed by atoms with van der Waals surface area (Å²) < 4.78 is 0. The third-order valence-electron chi connectivity index (χ3n) is 5.49. The first-order valence-corrected chi connectivity index (χ1v) is 8.57. The molecule has 1 fully saturated rings. The van der Waals surface area contributed by atoms with Crippen molar-refractivity contribution >= 4 is 5.78 Å². The smallest absolute Gasteiger partial charge is 0.140 e. The maximum atomic E-state index is 13.0. The second-order valence-electron chi connectivity index (χ2n) is 6.87. The fourth-order valence-electron chi connectivity index (χ4n) is 4.32. The van der Waals surface area contributed by atoms with Crippen LogP contribution in [0.4, 0.5) is 0 Å². The van der Waals surface area contributed by atoms with Gasteiger partial charge in [0.1, 0.15) is 5.78 Å². The molecule has 1 aromatic carbocycles. The highest BCUT2D eigenvalue weighted by molar-refractivity contribution is 5.86. The van der Waals surface area contributed by atoms with E-state index >= 15 is 0 Å². The Balaban J connectivity index is 1.76. The summed E-state index contributed by atoms with van der Waals surface area (Å²) in [7, 11) is 0. The second kappa shape index (κ2) is 6.31. The van der Waals surface area contributed by atoms with Crippen molar-refractivity contribution in [2.24, 2.45) is 5.41 Å². The molecule has 0 aromatic heterocycles. The average molecular weight is 285 g/mol. The van der Waals surface area contributed by atoms with E-state index in [-0.39, 0.29) is 5.41 Å². The van der Waals surface area contributed by atoms with E-state index in [0.29, 0.717) is 11.7 Å². The van der Waals surface area contributed by atoms with Gasteiger partial charge in [0.15, 0.2) is 0 Å². The summed E-state index contributed by atoms with van der Waals surface area (Å²) in [6.07, 6.45) is 7.53. The van der Waals surface area contributed by atoms with E-state index in [0.717, 1.165) is 38.8 Å². The van der Waals surface area contributed by atoms with Crippen LogP contribution in [0.2, 0.25) is 0 Å². The fraction of sp³-hybridized carbons (Fsp3) is 0.632. The molecule has 2 nitrogen and oxygen atoms in total. The molecule has 114 valence electrons. The summed E-state index contributed by atoms with van der Waals surface area (Å²) in [5.41, 5.74) is 2.84. The monoisotopic (exact) mass is 285 g/mol. The first kappa shape index (κ1) is 14.8. The molecule has 3 rings (SSSR count). The van der Waals surface area contributed by atoms with Crippen LogP contribution in [-0.4, -0.2) is 18.9 Å². The van der Waals surface area contributed by atoms with Gasteiger partial charge in [-0.15, -0.1) is 0 Å². The number of benzene rings is 1. The van der Waals surface area contributed by atoms with Gasteiger partial charge in [-0.3, -0.25) is 4.79 Å². The molecule has 0 amide bonds. The summed E-state index contributed by atoms with van der Waals surface area (Å²) in [5, 5.41) is 3.41. The molecule has 0 saturated carbocycles. The Hall–Kier alpha value is -1.15. The van der Waals surface area contributed by atoms with E-state index in [9.17, 15) is 4.79 Å². The molecule has 1 aromatic rings. The summed E-state index contributed by atoms with van der Waals surface area (Å²) in [6.45, 7) is 4.10. The first-order chi connectivity index (χ1) is 10.2. The predicted octanol–water partition coefficient (Wildman–Crippen LogP) is 3.85. The highest BCUT2D eigenvalue weighted by Gasteiger charge is 2.40. The van der Waals surface area contributed by atoms with Crippen LogP contribution < -0.4 is 5.32 Å². The van der Waals surface area contributed by atoms with Crippen molar-refractivity contribution in [2.45, 2.75) is 57.8 Å². The van der Waals surface area contributed by atoms with Crippen molar-refractivity contribution in [1.29, 1.82) is 0 Å². The Morgan fingerprint density at radius 3 is 3.00 bits per heavy atom. The largest absolute Gasteiger partial charge is 0.316 e. The standard InChI is InChI=1S/C19H27NO/c1-2-10-19(11-12-20-14-19)18(21)13-16-8-5-7-15-6-3-4-9-17(15)16/h3-4,6,9,16,20H,2,5,7-8,10-14H2,1H3. The molecule has 2 atom stereocenters. The first-order valence-electron chi connectivity index (χ1n) is 8.57. The van der Waals surface area contributed by atoms with Gasteiger partial charge < -0.3 is 5.32 Å². The van der Waals surface area contributed by atoms with E-state index in [4.69, 9.17) is 0 Å². The molecule has 1 aliphatic carbocycles. The lowest BCUT2D eigenvalue weighted by molar-refractivity contribution is -0.128. The quantitative estimate of drug-likeness (QED) is 0.890. The summed E-state index contributed by atoms with van der Waals surface area (Å²) >= 11 is 0. The molecular formula is C19H27NO. The third-order valence-corrected chi connectivity index (χ3v) is 5.49. The van der Waals surface area contributed by atoms with Crippen LogP contribution in [0.5, 0.6) is 0 Å². The minimum Gasteiger partial charge on any atom is -0.316 e. The Morgan fingerprint density at radius 2 is 2.24 bits per heavy atom.